The van der Waals surface area contributed by atoms with Crippen LogP contribution in [0.4, 0.5) is 0 Å². The Morgan fingerprint density at radius 1 is 1.22 bits per heavy atom. The van der Waals surface area contributed by atoms with Gasteiger partial charge in [0.25, 0.3) is 0 Å². The van der Waals surface area contributed by atoms with Crippen LogP contribution in [0, 0.1) is 0 Å². The summed E-state index contributed by atoms with van der Waals surface area (Å²) >= 11 is 0. The van der Waals surface area contributed by atoms with Gasteiger partial charge in [0.05, 0.1) is 6.42 Å². The lowest BCUT2D eigenvalue weighted by atomic mass is 9.90. The molecule has 2 fully saturated rings. The van der Waals surface area contributed by atoms with Crippen molar-refractivity contribution >= 4 is 5.97 Å². The fraction of sp³-hybridized carbons (Fsp3) is 0.929. The molecule has 4 heteroatoms. The lowest BCUT2D eigenvalue weighted by molar-refractivity contribution is -0.229. The zero-order valence-corrected chi connectivity index (χ0v) is 12.2. The molecule has 2 heterocycles. The van der Waals surface area contributed by atoms with E-state index in [1.165, 1.54) is 0 Å². The molecule has 0 aromatic carbocycles. The smallest absolute Gasteiger partial charge is 0.308 e. The third-order valence-electron chi connectivity index (χ3n) is 4.23. The van der Waals surface area contributed by atoms with Crippen molar-refractivity contribution < 1.29 is 9.53 Å². The molecule has 104 valence electrons. The summed E-state index contributed by atoms with van der Waals surface area (Å²) in [6.45, 7) is 12.8. The fourth-order valence-electron chi connectivity index (χ4n) is 3.26. The number of likely N-dealkylation sites (tertiary alicyclic amines) is 1. The highest BCUT2D eigenvalue weighted by Crippen LogP contribution is 2.38. The lowest BCUT2D eigenvalue weighted by Crippen LogP contribution is -2.65. The zero-order valence-electron chi connectivity index (χ0n) is 12.2. The molecule has 0 saturated carbocycles. The molecular weight excluding hydrogens is 228 g/mol. The molecule has 0 atom stereocenters. The van der Waals surface area contributed by atoms with E-state index in [1.54, 1.807) is 0 Å². The average Bonchev–Trinajstić information content (AvgIpc) is 2.28. The Hall–Kier alpha value is -0.610. The second-order valence-corrected chi connectivity index (χ2v) is 6.43. The monoisotopic (exact) mass is 254 g/mol. The van der Waals surface area contributed by atoms with Gasteiger partial charge in [-0.15, -0.1) is 0 Å². The highest BCUT2D eigenvalue weighted by atomic mass is 16.6. The molecular formula is C14H26N2O2. The van der Waals surface area contributed by atoms with E-state index in [4.69, 9.17) is 4.74 Å². The molecule has 0 amide bonds. The molecule has 0 aromatic heterocycles. The van der Waals surface area contributed by atoms with E-state index in [1.807, 2.05) is 0 Å². The van der Waals surface area contributed by atoms with Crippen LogP contribution in [0.15, 0.2) is 0 Å². The number of piperidine rings is 1. The van der Waals surface area contributed by atoms with E-state index in [2.05, 4.69) is 37.5 Å². The van der Waals surface area contributed by atoms with Gasteiger partial charge in [-0.05, 0) is 27.3 Å². The summed E-state index contributed by atoms with van der Waals surface area (Å²) in [6, 6.07) is 0. The first kappa shape index (κ1) is 13.8. The van der Waals surface area contributed by atoms with E-state index in [0.717, 1.165) is 39.0 Å². The standard InChI is InChI=1S/C14H26N2O2/c1-5-15-10-7-14(8-11-15)16(13(2,3)4)9-6-12(17)18-14/h5-11H2,1-4H3. The van der Waals surface area contributed by atoms with Gasteiger partial charge in [-0.3, -0.25) is 9.69 Å². The average molecular weight is 254 g/mol. The molecule has 2 saturated heterocycles. The first-order chi connectivity index (χ1) is 8.37. The van der Waals surface area contributed by atoms with Gasteiger partial charge in [0.2, 0.25) is 0 Å². The van der Waals surface area contributed by atoms with Crippen LogP contribution in [-0.4, -0.2) is 53.2 Å². The van der Waals surface area contributed by atoms with Crippen molar-refractivity contribution in [2.24, 2.45) is 0 Å². The topological polar surface area (TPSA) is 32.8 Å². The third kappa shape index (κ3) is 2.54. The number of nitrogens with zero attached hydrogens (tertiary/aromatic N) is 2. The number of esters is 1. The van der Waals surface area contributed by atoms with Crippen molar-refractivity contribution in [2.45, 2.75) is 58.2 Å². The Kier molecular flexibility index (Phi) is 3.70. The van der Waals surface area contributed by atoms with Gasteiger partial charge in [-0.1, -0.05) is 6.92 Å². The van der Waals surface area contributed by atoms with Crippen molar-refractivity contribution in [3.8, 4) is 0 Å². The van der Waals surface area contributed by atoms with Gasteiger partial charge >= 0.3 is 5.97 Å². The highest BCUT2D eigenvalue weighted by molar-refractivity contribution is 5.71. The van der Waals surface area contributed by atoms with E-state index in [9.17, 15) is 4.79 Å². The quantitative estimate of drug-likeness (QED) is 0.669. The Labute approximate surface area is 110 Å². The third-order valence-corrected chi connectivity index (χ3v) is 4.23. The maximum absolute atomic E-state index is 11.7. The SMILES string of the molecule is CCN1CCC2(CC1)OC(=O)CCN2C(C)(C)C. The van der Waals surface area contributed by atoms with Gasteiger partial charge in [0.1, 0.15) is 0 Å². The van der Waals surface area contributed by atoms with E-state index >= 15 is 0 Å². The summed E-state index contributed by atoms with van der Waals surface area (Å²) in [5.74, 6) is -0.0274. The Balaban J connectivity index is 2.17. The molecule has 0 aromatic rings. The maximum Gasteiger partial charge on any atom is 0.308 e. The maximum atomic E-state index is 11.7. The van der Waals surface area contributed by atoms with Crippen molar-refractivity contribution in [2.75, 3.05) is 26.2 Å². The molecule has 0 N–H and O–H groups in total. The minimum atomic E-state index is -0.348. The second-order valence-electron chi connectivity index (χ2n) is 6.43. The summed E-state index contributed by atoms with van der Waals surface area (Å²) in [4.78, 5) is 16.5. The van der Waals surface area contributed by atoms with Crippen LogP contribution < -0.4 is 0 Å². The predicted molar refractivity (Wildman–Crippen MR) is 71.2 cm³/mol. The van der Waals surface area contributed by atoms with E-state index in [-0.39, 0.29) is 17.2 Å². The van der Waals surface area contributed by atoms with Gasteiger partial charge in [0, 0.05) is 38.0 Å². The largest absolute Gasteiger partial charge is 0.443 e. The summed E-state index contributed by atoms with van der Waals surface area (Å²) in [6.07, 6.45) is 2.39. The predicted octanol–water partition coefficient (Wildman–Crippen LogP) is 1.85. The molecule has 2 aliphatic rings. The summed E-state index contributed by atoms with van der Waals surface area (Å²) in [7, 11) is 0. The minimum absolute atomic E-state index is 0.0274. The molecule has 0 unspecified atom stereocenters. The number of hydrogen-bond donors (Lipinski definition) is 0. The van der Waals surface area contributed by atoms with Crippen LogP contribution in [0.1, 0.15) is 47.0 Å². The van der Waals surface area contributed by atoms with Gasteiger partial charge in [-0.25, -0.2) is 0 Å². The lowest BCUT2D eigenvalue weighted by Gasteiger charge is -2.54. The molecule has 2 aliphatic heterocycles. The van der Waals surface area contributed by atoms with Gasteiger partial charge in [-0.2, -0.15) is 0 Å². The number of carbonyl (C=O) groups excluding carboxylic acids is 1. The molecule has 1 spiro atoms. The summed E-state index contributed by atoms with van der Waals surface area (Å²) in [5, 5.41) is 0. The fourth-order valence-corrected chi connectivity index (χ4v) is 3.26. The van der Waals surface area contributed by atoms with Crippen LogP contribution in [0.25, 0.3) is 0 Å². The molecule has 0 bridgehead atoms. The Morgan fingerprint density at radius 3 is 2.33 bits per heavy atom. The minimum Gasteiger partial charge on any atom is -0.443 e. The molecule has 0 radical (unpaired) electrons. The second kappa shape index (κ2) is 4.82. The van der Waals surface area contributed by atoms with Crippen molar-refractivity contribution in [3.05, 3.63) is 0 Å². The number of rotatable bonds is 1. The molecule has 0 aliphatic carbocycles. The first-order valence-electron chi connectivity index (χ1n) is 7.09. The van der Waals surface area contributed by atoms with Crippen LogP contribution in [0.5, 0.6) is 0 Å². The van der Waals surface area contributed by atoms with Crippen LogP contribution in [0.2, 0.25) is 0 Å². The van der Waals surface area contributed by atoms with Gasteiger partial charge in [0.15, 0.2) is 5.72 Å². The Morgan fingerprint density at radius 2 is 1.83 bits per heavy atom. The van der Waals surface area contributed by atoms with E-state index in [0.29, 0.717) is 6.42 Å². The zero-order chi connectivity index (χ0) is 13.4. The number of carbonyl (C=O) groups is 1. The van der Waals surface area contributed by atoms with Crippen molar-refractivity contribution in [3.63, 3.8) is 0 Å². The van der Waals surface area contributed by atoms with Crippen molar-refractivity contribution in [1.29, 1.82) is 0 Å². The normalized spacial score (nSPS) is 26.3. The molecule has 4 nitrogen and oxygen atoms in total. The number of hydrogen-bond acceptors (Lipinski definition) is 4. The van der Waals surface area contributed by atoms with Crippen molar-refractivity contribution in [1.82, 2.24) is 9.80 Å². The summed E-state index contributed by atoms with van der Waals surface area (Å²) < 4.78 is 5.81. The summed E-state index contributed by atoms with van der Waals surface area (Å²) in [5.41, 5.74) is -0.297. The first-order valence-corrected chi connectivity index (χ1v) is 7.09. The van der Waals surface area contributed by atoms with Crippen LogP contribution >= 0.6 is 0 Å². The Bertz CT molecular complexity index is 314. The van der Waals surface area contributed by atoms with E-state index < -0.39 is 0 Å². The molecule has 2 rings (SSSR count). The van der Waals surface area contributed by atoms with Crippen LogP contribution in [-0.2, 0) is 9.53 Å². The molecule has 18 heavy (non-hydrogen) atoms. The number of ether oxygens (including phenoxy) is 1. The van der Waals surface area contributed by atoms with Gasteiger partial charge < -0.3 is 9.64 Å². The van der Waals surface area contributed by atoms with Crippen LogP contribution in [0.3, 0.4) is 0 Å². The highest BCUT2D eigenvalue weighted by Gasteiger charge is 2.49.